The van der Waals surface area contributed by atoms with Crippen molar-refractivity contribution in [3.63, 3.8) is 0 Å². The third kappa shape index (κ3) is 6.55. The summed E-state index contributed by atoms with van der Waals surface area (Å²) >= 11 is 10.7. The van der Waals surface area contributed by atoms with E-state index in [1.165, 1.54) is 6.20 Å². The van der Waals surface area contributed by atoms with Crippen molar-refractivity contribution >= 4 is 29.2 Å². The molecule has 90 valence electrons. The second-order valence-electron chi connectivity index (χ2n) is 3.26. The lowest BCUT2D eigenvalue weighted by Crippen LogP contribution is -2.34. The minimum Gasteiger partial charge on any atom is -0.480 e. The predicted molar refractivity (Wildman–Crippen MR) is 62.5 cm³/mol. The largest absolute Gasteiger partial charge is 0.480 e. The van der Waals surface area contributed by atoms with Crippen LogP contribution in [0.3, 0.4) is 0 Å². The van der Waals surface area contributed by atoms with Crippen molar-refractivity contribution < 1.29 is 9.90 Å². The Morgan fingerprint density at radius 1 is 1.50 bits per heavy atom. The Hall–Kier alpha value is -0.910. The van der Waals surface area contributed by atoms with Gasteiger partial charge in [0.2, 0.25) is 5.28 Å². The molecule has 0 radical (unpaired) electrons. The molecule has 16 heavy (non-hydrogen) atoms. The highest BCUT2D eigenvalue weighted by atomic mass is 35.5. The molecule has 1 aromatic heterocycles. The molecule has 0 saturated carbocycles. The van der Waals surface area contributed by atoms with E-state index in [-0.39, 0.29) is 11.2 Å². The monoisotopic (exact) mass is 265 g/mol. The van der Waals surface area contributed by atoms with Crippen LogP contribution in [0.15, 0.2) is 12.3 Å². The maximum Gasteiger partial charge on any atom is 0.320 e. The summed E-state index contributed by atoms with van der Waals surface area (Å²) in [6.45, 7) is 3.55. The van der Waals surface area contributed by atoms with Gasteiger partial charge in [-0.15, -0.1) is 0 Å². The number of aliphatic carboxylic acids is 1. The van der Waals surface area contributed by atoms with Crippen LogP contribution in [-0.4, -0.2) is 27.1 Å². The quantitative estimate of drug-likeness (QED) is 0.629. The summed E-state index contributed by atoms with van der Waals surface area (Å²) in [6.07, 6.45) is 1.50. The van der Waals surface area contributed by atoms with Gasteiger partial charge in [0.15, 0.2) is 0 Å². The van der Waals surface area contributed by atoms with Crippen LogP contribution in [0.2, 0.25) is 10.4 Å². The molecule has 0 aromatic carbocycles. The molecule has 0 aliphatic carbocycles. The third-order valence-electron chi connectivity index (χ3n) is 1.60. The second-order valence-corrected chi connectivity index (χ2v) is 3.98. The summed E-state index contributed by atoms with van der Waals surface area (Å²) in [5.74, 6) is -0.910. The lowest BCUT2D eigenvalue weighted by atomic mass is 10.1. The number of nitrogens with two attached hydrogens (primary N) is 1. The molecule has 7 heteroatoms. The number of nitrogens with zero attached hydrogens (tertiary/aromatic N) is 2. The first-order chi connectivity index (χ1) is 7.34. The Balaban J connectivity index is 0.000000281. The normalized spacial score (nSPS) is 11.6. The van der Waals surface area contributed by atoms with Crippen LogP contribution in [0.4, 0.5) is 0 Å². The van der Waals surface area contributed by atoms with E-state index in [1.807, 2.05) is 0 Å². The van der Waals surface area contributed by atoms with Gasteiger partial charge in [-0.25, -0.2) is 9.97 Å². The van der Waals surface area contributed by atoms with Gasteiger partial charge in [-0.2, -0.15) is 0 Å². The van der Waals surface area contributed by atoms with E-state index in [0.29, 0.717) is 5.15 Å². The molecule has 0 fully saturated rings. The van der Waals surface area contributed by atoms with Gasteiger partial charge in [-0.05, 0) is 23.6 Å². The smallest absolute Gasteiger partial charge is 0.320 e. The first-order valence-electron chi connectivity index (χ1n) is 4.47. The lowest BCUT2D eigenvalue weighted by Gasteiger charge is -2.07. The van der Waals surface area contributed by atoms with Crippen molar-refractivity contribution in [2.24, 2.45) is 11.7 Å². The highest BCUT2D eigenvalue weighted by Crippen LogP contribution is 2.04. The molecule has 0 unspecified atom stereocenters. The Morgan fingerprint density at radius 2 is 2.06 bits per heavy atom. The number of rotatable bonds is 2. The number of carboxylic acid groups (broad SMARTS) is 1. The number of hydrogen-bond donors (Lipinski definition) is 2. The van der Waals surface area contributed by atoms with Crippen LogP contribution in [0.5, 0.6) is 0 Å². The van der Waals surface area contributed by atoms with Crippen molar-refractivity contribution in [2.45, 2.75) is 19.9 Å². The number of halogens is 2. The Kier molecular flexibility index (Phi) is 6.96. The fraction of sp³-hybridized carbons (Fsp3) is 0.444. The number of hydrogen-bond acceptors (Lipinski definition) is 4. The SMILES string of the molecule is CC(C)[C@H](N)C(=O)O.Clc1ccnc(Cl)n1. The molecule has 0 spiro atoms. The maximum atomic E-state index is 10.0. The first kappa shape index (κ1) is 15.1. The molecular formula is C9H13Cl2N3O2. The van der Waals surface area contributed by atoms with E-state index < -0.39 is 12.0 Å². The Bertz CT molecular complexity index is 330. The molecule has 3 N–H and O–H groups in total. The van der Waals surface area contributed by atoms with Gasteiger partial charge in [0, 0.05) is 6.20 Å². The highest BCUT2D eigenvalue weighted by molar-refractivity contribution is 6.31. The van der Waals surface area contributed by atoms with E-state index in [0.717, 1.165) is 0 Å². The fourth-order valence-corrected chi connectivity index (χ4v) is 0.927. The van der Waals surface area contributed by atoms with Crippen LogP contribution in [-0.2, 0) is 4.79 Å². The first-order valence-corrected chi connectivity index (χ1v) is 5.22. The molecular weight excluding hydrogens is 253 g/mol. The van der Waals surface area contributed by atoms with E-state index in [4.69, 9.17) is 34.0 Å². The molecule has 0 saturated heterocycles. The predicted octanol–water partition coefficient (Wildman–Crippen LogP) is 1.84. The summed E-state index contributed by atoms with van der Waals surface area (Å²) in [4.78, 5) is 17.2. The van der Waals surface area contributed by atoms with Crippen LogP contribution < -0.4 is 5.73 Å². The highest BCUT2D eigenvalue weighted by Gasteiger charge is 2.14. The summed E-state index contributed by atoms with van der Waals surface area (Å²) < 4.78 is 0. The Morgan fingerprint density at radius 3 is 2.25 bits per heavy atom. The van der Waals surface area contributed by atoms with Crippen molar-refractivity contribution in [3.8, 4) is 0 Å². The van der Waals surface area contributed by atoms with Crippen molar-refractivity contribution in [1.29, 1.82) is 0 Å². The lowest BCUT2D eigenvalue weighted by molar-refractivity contribution is -0.139. The molecule has 0 bridgehead atoms. The average Bonchev–Trinajstić information content (AvgIpc) is 2.16. The molecule has 0 amide bonds. The number of aromatic nitrogens is 2. The fourth-order valence-electron chi connectivity index (χ4n) is 0.600. The summed E-state index contributed by atoms with van der Waals surface area (Å²) in [6, 6.07) is 0.850. The standard InChI is InChI=1S/C5H11NO2.C4H2Cl2N2/c1-3(2)4(6)5(7)8;5-3-1-2-7-4(6)8-3/h3-4H,6H2,1-2H3,(H,7,8);1-2H/t4-;/m0./s1. The van der Waals surface area contributed by atoms with Gasteiger partial charge in [0.05, 0.1) is 0 Å². The summed E-state index contributed by atoms with van der Waals surface area (Å²) in [5.41, 5.74) is 5.16. The van der Waals surface area contributed by atoms with Gasteiger partial charge >= 0.3 is 5.97 Å². The minimum absolute atomic E-state index is 0.0208. The van der Waals surface area contributed by atoms with E-state index in [1.54, 1.807) is 19.9 Å². The van der Waals surface area contributed by atoms with E-state index in [2.05, 4.69) is 9.97 Å². The molecule has 1 heterocycles. The average molecular weight is 266 g/mol. The number of carboxylic acids is 1. The van der Waals surface area contributed by atoms with Gasteiger partial charge in [0.1, 0.15) is 11.2 Å². The van der Waals surface area contributed by atoms with E-state index >= 15 is 0 Å². The molecule has 1 atom stereocenters. The van der Waals surface area contributed by atoms with Gasteiger partial charge < -0.3 is 10.8 Å². The third-order valence-corrected chi connectivity index (χ3v) is 1.99. The van der Waals surface area contributed by atoms with Crippen molar-refractivity contribution in [2.75, 3.05) is 0 Å². The van der Waals surface area contributed by atoms with E-state index in [9.17, 15) is 4.79 Å². The Labute approximate surface area is 104 Å². The van der Waals surface area contributed by atoms with Crippen LogP contribution in [0.25, 0.3) is 0 Å². The molecule has 0 aliphatic rings. The van der Waals surface area contributed by atoms with Crippen molar-refractivity contribution in [1.82, 2.24) is 9.97 Å². The minimum atomic E-state index is -0.931. The van der Waals surface area contributed by atoms with Crippen LogP contribution in [0, 0.1) is 5.92 Å². The van der Waals surface area contributed by atoms with Gasteiger partial charge in [-0.1, -0.05) is 25.4 Å². The molecule has 0 aliphatic heterocycles. The summed E-state index contributed by atoms with van der Waals surface area (Å²) in [7, 11) is 0. The summed E-state index contributed by atoms with van der Waals surface area (Å²) in [5, 5.41) is 8.77. The van der Waals surface area contributed by atoms with Crippen LogP contribution >= 0.6 is 23.2 Å². The molecule has 1 rings (SSSR count). The topological polar surface area (TPSA) is 89.1 Å². The maximum absolute atomic E-state index is 10.0. The van der Waals surface area contributed by atoms with Gasteiger partial charge in [-0.3, -0.25) is 4.79 Å². The zero-order chi connectivity index (χ0) is 12.7. The molecule has 5 nitrogen and oxygen atoms in total. The molecule has 1 aromatic rings. The number of carbonyl (C=O) groups is 1. The van der Waals surface area contributed by atoms with Gasteiger partial charge in [0.25, 0.3) is 0 Å². The van der Waals surface area contributed by atoms with Crippen molar-refractivity contribution in [3.05, 3.63) is 22.7 Å². The second kappa shape index (κ2) is 7.38. The van der Waals surface area contributed by atoms with Crippen LogP contribution in [0.1, 0.15) is 13.8 Å². The zero-order valence-corrected chi connectivity index (χ0v) is 10.4. The zero-order valence-electron chi connectivity index (χ0n) is 8.89.